The van der Waals surface area contributed by atoms with Crippen LogP contribution in [0.25, 0.3) is 0 Å². The summed E-state index contributed by atoms with van der Waals surface area (Å²) in [5, 5.41) is 12.5. The number of aryl methyl sites for hydroxylation is 1. The van der Waals surface area contributed by atoms with Crippen molar-refractivity contribution in [3.63, 3.8) is 0 Å². The Labute approximate surface area is 150 Å². The predicted octanol–water partition coefficient (Wildman–Crippen LogP) is 3.42. The zero-order valence-electron chi connectivity index (χ0n) is 15.9. The van der Waals surface area contributed by atoms with Crippen molar-refractivity contribution in [1.82, 2.24) is 5.32 Å². The summed E-state index contributed by atoms with van der Waals surface area (Å²) in [5.74, 6) is -1.14. The molecule has 0 amide bonds. The maximum atomic E-state index is 12.5. The molecular weight excluding hydrogens is 318 g/mol. The average Bonchev–Trinajstić information content (AvgIpc) is 2.48. The van der Waals surface area contributed by atoms with E-state index in [1.165, 1.54) is 0 Å². The fourth-order valence-electron chi connectivity index (χ4n) is 2.55. The molecule has 0 spiro atoms. The summed E-state index contributed by atoms with van der Waals surface area (Å²) >= 11 is 0. The largest absolute Gasteiger partial charge is 0.480 e. The minimum Gasteiger partial charge on any atom is -0.480 e. The predicted molar refractivity (Wildman–Crippen MR) is 98.4 cm³/mol. The van der Waals surface area contributed by atoms with E-state index in [-0.39, 0.29) is 5.92 Å². The standard InChI is InChI=1S/C20H31NO4/c1-14(2)13-17(18(22)23)21-16(19(24)25-20(3,4)5)12-11-15-9-7-6-8-10-15/h6-10,14,16-17,21H,11-13H2,1-5H3,(H,22,23)/t16?,17-/m0/s1. The molecule has 25 heavy (non-hydrogen) atoms. The van der Waals surface area contributed by atoms with Crippen molar-refractivity contribution < 1.29 is 19.4 Å². The Kier molecular flexibility index (Phi) is 8.10. The summed E-state index contributed by atoms with van der Waals surface area (Å²) in [6.07, 6.45) is 1.62. The van der Waals surface area contributed by atoms with Crippen molar-refractivity contribution in [3.05, 3.63) is 35.9 Å². The normalized spacial score (nSPS) is 14.2. The molecule has 0 bridgehead atoms. The van der Waals surface area contributed by atoms with Crippen LogP contribution in [0, 0.1) is 5.92 Å². The first kappa shape index (κ1) is 21.2. The second-order valence-corrected chi connectivity index (χ2v) is 7.80. The number of esters is 1. The summed E-state index contributed by atoms with van der Waals surface area (Å²) < 4.78 is 5.48. The topological polar surface area (TPSA) is 75.6 Å². The summed E-state index contributed by atoms with van der Waals surface area (Å²) in [7, 11) is 0. The molecule has 0 fully saturated rings. The number of carbonyl (C=O) groups is 2. The summed E-state index contributed by atoms with van der Waals surface area (Å²) in [5.41, 5.74) is 0.495. The highest BCUT2D eigenvalue weighted by molar-refractivity contribution is 5.79. The lowest BCUT2D eigenvalue weighted by molar-refractivity contribution is -0.158. The molecule has 0 saturated carbocycles. The molecule has 1 rings (SSSR count). The van der Waals surface area contributed by atoms with Gasteiger partial charge in [-0.05, 0) is 51.5 Å². The molecule has 2 atom stereocenters. The van der Waals surface area contributed by atoms with Crippen LogP contribution in [0.5, 0.6) is 0 Å². The molecule has 0 saturated heterocycles. The molecule has 0 aliphatic carbocycles. The van der Waals surface area contributed by atoms with E-state index in [0.717, 1.165) is 5.56 Å². The highest BCUT2D eigenvalue weighted by atomic mass is 16.6. The smallest absolute Gasteiger partial charge is 0.323 e. The molecule has 1 aromatic carbocycles. The molecule has 2 N–H and O–H groups in total. The van der Waals surface area contributed by atoms with Crippen LogP contribution in [0.4, 0.5) is 0 Å². The van der Waals surface area contributed by atoms with Gasteiger partial charge in [-0.25, -0.2) is 0 Å². The van der Waals surface area contributed by atoms with Crippen LogP contribution in [-0.2, 0) is 20.7 Å². The van der Waals surface area contributed by atoms with Crippen LogP contribution in [0.15, 0.2) is 30.3 Å². The van der Waals surface area contributed by atoms with Crippen molar-refractivity contribution in [1.29, 1.82) is 0 Å². The highest BCUT2D eigenvalue weighted by Gasteiger charge is 2.30. The van der Waals surface area contributed by atoms with Gasteiger partial charge in [0, 0.05) is 0 Å². The second kappa shape index (κ2) is 9.56. The number of carbonyl (C=O) groups excluding carboxylic acids is 1. The fraction of sp³-hybridized carbons (Fsp3) is 0.600. The van der Waals surface area contributed by atoms with Gasteiger partial charge < -0.3 is 9.84 Å². The lowest BCUT2D eigenvalue weighted by atomic mass is 10.0. The molecular formula is C20H31NO4. The van der Waals surface area contributed by atoms with E-state index in [2.05, 4.69) is 5.32 Å². The molecule has 1 unspecified atom stereocenters. The number of aliphatic carboxylic acids is 1. The first-order valence-corrected chi connectivity index (χ1v) is 8.84. The third-order valence-corrected chi connectivity index (χ3v) is 3.66. The van der Waals surface area contributed by atoms with Crippen LogP contribution >= 0.6 is 0 Å². The Morgan fingerprint density at radius 3 is 2.20 bits per heavy atom. The zero-order valence-corrected chi connectivity index (χ0v) is 15.9. The second-order valence-electron chi connectivity index (χ2n) is 7.80. The molecule has 0 aliphatic rings. The van der Waals surface area contributed by atoms with E-state index >= 15 is 0 Å². The van der Waals surface area contributed by atoms with Gasteiger partial charge in [0.2, 0.25) is 0 Å². The molecule has 140 valence electrons. The number of carboxylic acid groups (broad SMARTS) is 1. The quantitative estimate of drug-likeness (QED) is 0.668. The fourth-order valence-corrected chi connectivity index (χ4v) is 2.55. The van der Waals surface area contributed by atoms with Crippen LogP contribution in [-0.4, -0.2) is 34.7 Å². The van der Waals surface area contributed by atoms with Gasteiger partial charge in [0.1, 0.15) is 17.7 Å². The van der Waals surface area contributed by atoms with E-state index in [1.807, 2.05) is 65.0 Å². The first-order valence-electron chi connectivity index (χ1n) is 8.84. The van der Waals surface area contributed by atoms with Gasteiger partial charge in [-0.15, -0.1) is 0 Å². The Hall–Kier alpha value is -1.88. The van der Waals surface area contributed by atoms with Crippen molar-refractivity contribution in [2.24, 2.45) is 5.92 Å². The summed E-state index contributed by atoms with van der Waals surface area (Å²) in [4.78, 5) is 24.1. The zero-order chi connectivity index (χ0) is 19.0. The maximum Gasteiger partial charge on any atom is 0.323 e. The molecule has 0 aliphatic heterocycles. The highest BCUT2D eigenvalue weighted by Crippen LogP contribution is 2.14. The van der Waals surface area contributed by atoms with E-state index in [1.54, 1.807) is 0 Å². The number of carboxylic acids is 1. The summed E-state index contributed by atoms with van der Waals surface area (Å²) in [6.45, 7) is 9.35. The monoisotopic (exact) mass is 349 g/mol. The van der Waals surface area contributed by atoms with Gasteiger partial charge >= 0.3 is 11.9 Å². The minimum atomic E-state index is -0.943. The Morgan fingerprint density at radius 2 is 1.72 bits per heavy atom. The van der Waals surface area contributed by atoms with E-state index in [9.17, 15) is 14.7 Å². The Balaban J connectivity index is 2.85. The number of ether oxygens (including phenoxy) is 1. The lowest BCUT2D eigenvalue weighted by Gasteiger charge is -2.27. The number of hydrogen-bond donors (Lipinski definition) is 2. The van der Waals surface area contributed by atoms with Crippen molar-refractivity contribution in [2.45, 2.75) is 71.6 Å². The summed E-state index contributed by atoms with van der Waals surface area (Å²) in [6, 6.07) is 8.40. The number of benzene rings is 1. The van der Waals surface area contributed by atoms with Crippen LogP contribution in [0.1, 0.15) is 53.0 Å². The van der Waals surface area contributed by atoms with Crippen LogP contribution in [0.2, 0.25) is 0 Å². The third kappa shape index (κ3) is 8.68. The molecule has 0 heterocycles. The number of rotatable bonds is 9. The van der Waals surface area contributed by atoms with Gasteiger partial charge in [-0.2, -0.15) is 0 Å². The molecule has 1 aromatic rings. The third-order valence-electron chi connectivity index (χ3n) is 3.66. The molecule has 0 aromatic heterocycles. The van der Waals surface area contributed by atoms with Crippen molar-refractivity contribution in [2.75, 3.05) is 0 Å². The van der Waals surface area contributed by atoms with E-state index < -0.39 is 29.6 Å². The number of nitrogens with one attached hydrogen (secondary N) is 1. The maximum absolute atomic E-state index is 12.5. The number of hydrogen-bond acceptors (Lipinski definition) is 4. The molecule has 5 heteroatoms. The van der Waals surface area contributed by atoms with Crippen LogP contribution in [0.3, 0.4) is 0 Å². The van der Waals surface area contributed by atoms with E-state index in [4.69, 9.17) is 4.74 Å². The van der Waals surface area contributed by atoms with Crippen molar-refractivity contribution >= 4 is 11.9 Å². The van der Waals surface area contributed by atoms with Gasteiger partial charge in [0.15, 0.2) is 0 Å². The lowest BCUT2D eigenvalue weighted by Crippen LogP contribution is -2.49. The van der Waals surface area contributed by atoms with Gasteiger partial charge in [0.05, 0.1) is 0 Å². The average molecular weight is 349 g/mol. The molecule has 0 radical (unpaired) electrons. The van der Waals surface area contributed by atoms with E-state index in [0.29, 0.717) is 19.3 Å². The SMILES string of the molecule is CC(C)C[C@H](NC(CCc1ccccc1)C(=O)OC(C)(C)C)C(=O)O. The van der Waals surface area contributed by atoms with Gasteiger partial charge in [-0.3, -0.25) is 14.9 Å². The Morgan fingerprint density at radius 1 is 1.12 bits per heavy atom. The van der Waals surface area contributed by atoms with Gasteiger partial charge in [0.25, 0.3) is 0 Å². The molecule has 5 nitrogen and oxygen atoms in total. The first-order chi connectivity index (χ1) is 11.6. The van der Waals surface area contributed by atoms with Crippen LogP contribution < -0.4 is 5.32 Å². The minimum absolute atomic E-state index is 0.210. The Bertz CT molecular complexity index is 549. The van der Waals surface area contributed by atoms with Crippen molar-refractivity contribution in [3.8, 4) is 0 Å². The van der Waals surface area contributed by atoms with Gasteiger partial charge in [-0.1, -0.05) is 44.2 Å².